The fourth-order valence-corrected chi connectivity index (χ4v) is 2.46. The van der Waals surface area contributed by atoms with Gasteiger partial charge in [0.05, 0.1) is 11.5 Å². The Labute approximate surface area is 99.5 Å². The third kappa shape index (κ3) is 2.10. The second kappa shape index (κ2) is 4.51. The predicted octanol–water partition coefficient (Wildman–Crippen LogP) is 1.10. The average Bonchev–Trinajstić information content (AvgIpc) is 2.67. The number of nitrogens with zero attached hydrogens (tertiary/aromatic N) is 1. The monoisotopic (exact) mass is 239 g/mol. The van der Waals surface area contributed by atoms with Crippen LogP contribution < -0.4 is 10.6 Å². The lowest BCUT2D eigenvalue weighted by atomic mass is 9.96. The van der Waals surface area contributed by atoms with Gasteiger partial charge < -0.3 is 10.6 Å². The third-order valence-corrected chi connectivity index (χ3v) is 4.20. The molecule has 0 aliphatic carbocycles. The maximum Gasteiger partial charge on any atom is 0.226 e. The zero-order chi connectivity index (χ0) is 11.6. The van der Waals surface area contributed by atoms with Crippen molar-refractivity contribution in [2.24, 2.45) is 5.92 Å². The van der Waals surface area contributed by atoms with Crippen molar-refractivity contribution < 1.29 is 4.79 Å². The van der Waals surface area contributed by atoms with Crippen molar-refractivity contribution >= 4 is 17.2 Å². The summed E-state index contributed by atoms with van der Waals surface area (Å²) >= 11 is 1.59. The van der Waals surface area contributed by atoms with E-state index < -0.39 is 0 Å². The van der Waals surface area contributed by atoms with Crippen LogP contribution in [-0.4, -0.2) is 24.0 Å². The minimum absolute atomic E-state index is 0.130. The zero-order valence-electron chi connectivity index (χ0n) is 9.62. The molecule has 0 saturated carbocycles. The van der Waals surface area contributed by atoms with Crippen molar-refractivity contribution in [2.45, 2.75) is 25.8 Å². The molecule has 1 amide bonds. The van der Waals surface area contributed by atoms with E-state index in [4.69, 9.17) is 0 Å². The lowest BCUT2D eigenvalue weighted by Crippen LogP contribution is -2.55. The largest absolute Gasteiger partial charge is 0.344 e. The molecule has 1 atom stereocenters. The Morgan fingerprint density at radius 3 is 2.94 bits per heavy atom. The van der Waals surface area contributed by atoms with E-state index in [1.165, 1.54) is 0 Å². The maximum absolute atomic E-state index is 11.9. The van der Waals surface area contributed by atoms with Crippen molar-refractivity contribution in [1.82, 2.24) is 15.6 Å². The predicted molar refractivity (Wildman–Crippen MR) is 64.3 cm³/mol. The van der Waals surface area contributed by atoms with Gasteiger partial charge in [0, 0.05) is 24.7 Å². The van der Waals surface area contributed by atoms with E-state index in [-0.39, 0.29) is 17.4 Å². The molecular weight excluding hydrogens is 222 g/mol. The minimum Gasteiger partial charge on any atom is -0.344 e. The fourth-order valence-electron chi connectivity index (χ4n) is 1.64. The standard InChI is InChI=1S/C11H17N3OS/c1-3-11(2,10-13-4-5-16-10)14-9(15)8-6-12-7-8/h4-5,8,12H,3,6-7H2,1-2H3,(H,14,15). The Hall–Kier alpha value is -0.940. The summed E-state index contributed by atoms with van der Waals surface area (Å²) in [5, 5.41) is 9.15. The molecule has 88 valence electrons. The Morgan fingerprint density at radius 2 is 2.50 bits per heavy atom. The first kappa shape index (κ1) is 11.5. The average molecular weight is 239 g/mol. The molecule has 2 rings (SSSR count). The summed E-state index contributed by atoms with van der Waals surface area (Å²) in [6, 6.07) is 0. The molecule has 0 aromatic carbocycles. The van der Waals surface area contributed by atoms with Crippen molar-refractivity contribution in [3.8, 4) is 0 Å². The molecule has 1 aliphatic heterocycles. The summed E-state index contributed by atoms with van der Waals surface area (Å²) in [6.07, 6.45) is 2.64. The van der Waals surface area contributed by atoms with Gasteiger partial charge in [-0.05, 0) is 13.3 Å². The quantitative estimate of drug-likeness (QED) is 0.827. The van der Waals surface area contributed by atoms with E-state index in [0.717, 1.165) is 24.5 Å². The number of aromatic nitrogens is 1. The van der Waals surface area contributed by atoms with Gasteiger partial charge in [0.25, 0.3) is 0 Å². The topological polar surface area (TPSA) is 54.0 Å². The van der Waals surface area contributed by atoms with Crippen LogP contribution in [0.3, 0.4) is 0 Å². The highest BCUT2D eigenvalue weighted by molar-refractivity contribution is 7.09. The molecule has 1 aliphatic rings. The Kier molecular flexibility index (Phi) is 3.25. The van der Waals surface area contributed by atoms with Gasteiger partial charge in [0.2, 0.25) is 5.91 Å². The second-order valence-electron chi connectivity index (χ2n) is 4.37. The second-order valence-corrected chi connectivity index (χ2v) is 5.26. The minimum atomic E-state index is -0.319. The number of thiazole rings is 1. The zero-order valence-corrected chi connectivity index (χ0v) is 10.4. The number of carbonyl (C=O) groups is 1. The van der Waals surface area contributed by atoms with E-state index in [9.17, 15) is 4.79 Å². The van der Waals surface area contributed by atoms with Gasteiger partial charge in [-0.15, -0.1) is 11.3 Å². The van der Waals surface area contributed by atoms with E-state index in [1.54, 1.807) is 17.5 Å². The smallest absolute Gasteiger partial charge is 0.226 e. The lowest BCUT2D eigenvalue weighted by Gasteiger charge is -2.33. The summed E-state index contributed by atoms with van der Waals surface area (Å²) < 4.78 is 0. The van der Waals surface area contributed by atoms with Crippen LogP contribution in [0.25, 0.3) is 0 Å². The van der Waals surface area contributed by atoms with Crippen LogP contribution >= 0.6 is 11.3 Å². The SMILES string of the molecule is CCC(C)(NC(=O)C1CNC1)c1nccs1. The summed E-state index contributed by atoms with van der Waals surface area (Å²) in [5.74, 6) is 0.268. The van der Waals surface area contributed by atoms with Crippen LogP contribution in [0.4, 0.5) is 0 Å². The van der Waals surface area contributed by atoms with Gasteiger partial charge in [-0.3, -0.25) is 4.79 Å². The Bertz CT molecular complexity index is 361. The van der Waals surface area contributed by atoms with E-state index in [2.05, 4.69) is 22.5 Å². The molecule has 0 spiro atoms. The molecule has 5 heteroatoms. The molecule has 2 N–H and O–H groups in total. The van der Waals surface area contributed by atoms with Crippen LogP contribution in [0, 0.1) is 5.92 Å². The molecule has 0 radical (unpaired) electrons. The number of hydrogen-bond acceptors (Lipinski definition) is 4. The van der Waals surface area contributed by atoms with Gasteiger partial charge in [0.1, 0.15) is 5.01 Å². The van der Waals surface area contributed by atoms with Crippen molar-refractivity contribution in [2.75, 3.05) is 13.1 Å². The van der Waals surface area contributed by atoms with Crippen LogP contribution in [0.1, 0.15) is 25.3 Å². The first-order valence-electron chi connectivity index (χ1n) is 5.58. The molecular formula is C11H17N3OS. The van der Waals surface area contributed by atoms with Gasteiger partial charge in [0.15, 0.2) is 0 Å². The molecule has 1 unspecified atom stereocenters. The molecule has 1 fully saturated rings. The van der Waals surface area contributed by atoms with Crippen LogP contribution in [0.15, 0.2) is 11.6 Å². The molecule has 4 nitrogen and oxygen atoms in total. The summed E-state index contributed by atoms with van der Waals surface area (Å²) in [6.45, 7) is 5.70. The maximum atomic E-state index is 11.9. The number of nitrogens with one attached hydrogen (secondary N) is 2. The first-order chi connectivity index (χ1) is 7.65. The number of amides is 1. The van der Waals surface area contributed by atoms with Crippen LogP contribution in [0.5, 0.6) is 0 Å². The molecule has 0 bridgehead atoms. The van der Waals surface area contributed by atoms with Crippen LogP contribution in [0.2, 0.25) is 0 Å². The van der Waals surface area contributed by atoms with E-state index in [0.29, 0.717) is 0 Å². The number of rotatable bonds is 4. The number of hydrogen-bond donors (Lipinski definition) is 2. The molecule has 2 heterocycles. The van der Waals surface area contributed by atoms with Gasteiger partial charge in [-0.2, -0.15) is 0 Å². The highest BCUT2D eigenvalue weighted by Gasteiger charge is 2.33. The van der Waals surface area contributed by atoms with Gasteiger partial charge >= 0.3 is 0 Å². The molecule has 16 heavy (non-hydrogen) atoms. The normalized spacial score (nSPS) is 19.9. The van der Waals surface area contributed by atoms with Crippen molar-refractivity contribution in [1.29, 1.82) is 0 Å². The summed E-state index contributed by atoms with van der Waals surface area (Å²) in [7, 11) is 0. The lowest BCUT2D eigenvalue weighted by molar-refractivity contribution is -0.128. The number of carbonyl (C=O) groups excluding carboxylic acids is 1. The van der Waals surface area contributed by atoms with Gasteiger partial charge in [-0.25, -0.2) is 4.98 Å². The summed E-state index contributed by atoms with van der Waals surface area (Å²) in [4.78, 5) is 16.2. The molecule has 1 aromatic heterocycles. The fraction of sp³-hybridized carbons (Fsp3) is 0.636. The molecule has 1 aromatic rings. The van der Waals surface area contributed by atoms with E-state index >= 15 is 0 Å². The van der Waals surface area contributed by atoms with Crippen molar-refractivity contribution in [3.05, 3.63) is 16.6 Å². The third-order valence-electron chi connectivity index (χ3n) is 3.16. The Morgan fingerprint density at radius 1 is 1.75 bits per heavy atom. The van der Waals surface area contributed by atoms with Crippen molar-refractivity contribution in [3.63, 3.8) is 0 Å². The highest BCUT2D eigenvalue weighted by Crippen LogP contribution is 2.26. The van der Waals surface area contributed by atoms with Gasteiger partial charge in [-0.1, -0.05) is 6.92 Å². The summed E-state index contributed by atoms with van der Waals surface area (Å²) in [5.41, 5.74) is -0.319. The molecule has 1 saturated heterocycles. The first-order valence-corrected chi connectivity index (χ1v) is 6.46. The van der Waals surface area contributed by atoms with E-state index in [1.807, 2.05) is 12.3 Å². The van der Waals surface area contributed by atoms with Crippen LogP contribution in [-0.2, 0) is 10.3 Å². The Balaban J connectivity index is 2.06. The highest BCUT2D eigenvalue weighted by atomic mass is 32.1.